The van der Waals surface area contributed by atoms with Crippen molar-refractivity contribution in [3.63, 3.8) is 0 Å². The predicted molar refractivity (Wildman–Crippen MR) is 68.9 cm³/mol. The lowest BCUT2D eigenvalue weighted by molar-refractivity contribution is -0.147. The molecule has 0 rings (SSSR count). The maximum absolute atomic E-state index is 12.2. The van der Waals surface area contributed by atoms with E-state index in [0.29, 0.717) is 25.7 Å². The number of hydrogen-bond donors (Lipinski definition) is 2. The van der Waals surface area contributed by atoms with Crippen molar-refractivity contribution in [1.29, 1.82) is 5.26 Å². The fourth-order valence-electron chi connectivity index (χ4n) is 1.99. The van der Waals surface area contributed by atoms with E-state index in [1.807, 2.05) is 13.8 Å². The van der Waals surface area contributed by atoms with Gasteiger partial charge in [-0.05, 0) is 12.8 Å². The average molecular weight is 270 g/mol. The van der Waals surface area contributed by atoms with Crippen LogP contribution < -0.4 is 5.32 Å². The molecule has 2 N–H and O–H groups in total. The molecule has 0 radical (unpaired) electrons. The molecule has 0 fully saturated rings. The minimum Gasteiger partial charge on any atom is -0.467 e. The first-order valence-corrected chi connectivity index (χ1v) is 6.42. The van der Waals surface area contributed by atoms with Gasteiger partial charge in [0.25, 0.3) is 0 Å². The molecular formula is C13H22N2O4. The number of nitriles is 1. The number of aliphatic hydroxyl groups excluding tert-OH is 1. The number of nitrogens with zero attached hydrogens (tertiary/aromatic N) is 1. The second-order valence-electron chi connectivity index (χ2n) is 4.43. The fourth-order valence-corrected chi connectivity index (χ4v) is 1.99. The lowest BCUT2D eigenvalue weighted by Crippen LogP contribution is -2.50. The number of rotatable bonds is 8. The third-order valence-corrected chi connectivity index (χ3v) is 2.98. The molecule has 1 unspecified atom stereocenters. The summed E-state index contributed by atoms with van der Waals surface area (Å²) >= 11 is 0. The topological polar surface area (TPSA) is 99.4 Å². The van der Waals surface area contributed by atoms with Crippen molar-refractivity contribution in [2.24, 2.45) is 5.41 Å². The number of hydrogen-bond acceptors (Lipinski definition) is 5. The van der Waals surface area contributed by atoms with Gasteiger partial charge in [0, 0.05) is 0 Å². The summed E-state index contributed by atoms with van der Waals surface area (Å²) in [5.74, 6) is -1.25. The molecule has 0 saturated heterocycles. The van der Waals surface area contributed by atoms with Crippen LogP contribution in [0, 0.1) is 16.7 Å². The van der Waals surface area contributed by atoms with Crippen LogP contribution in [0.15, 0.2) is 0 Å². The van der Waals surface area contributed by atoms with E-state index in [9.17, 15) is 14.9 Å². The average Bonchev–Trinajstić information content (AvgIpc) is 2.43. The quantitative estimate of drug-likeness (QED) is 0.634. The zero-order valence-electron chi connectivity index (χ0n) is 11.7. The predicted octanol–water partition coefficient (Wildman–Crippen LogP) is 0.747. The van der Waals surface area contributed by atoms with Gasteiger partial charge in [0.05, 0.1) is 19.8 Å². The highest BCUT2D eigenvalue weighted by atomic mass is 16.5. The van der Waals surface area contributed by atoms with Crippen LogP contribution in [0.5, 0.6) is 0 Å². The monoisotopic (exact) mass is 270 g/mol. The Morgan fingerprint density at radius 2 is 1.89 bits per heavy atom. The maximum Gasteiger partial charge on any atom is 0.330 e. The van der Waals surface area contributed by atoms with E-state index in [-0.39, 0.29) is 0 Å². The number of aliphatic hydroxyl groups is 1. The zero-order chi connectivity index (χ0) is 14.9. The molecule has 0 aromatic heterocycles. The third-order valence-electron chi connectivity index (χ3n) is 2.98. The van der Waals surface area contributed by atoms with Gasteiger partial charge in [0.2, 0.25) is 5.91 Å². The number of carbonyl (C=O) groups excluding carboxylic acids is 2. The van der Waals surface area contributed by atoms with Crippen LogP contribution in [0.4, 0.5) is 0 Å². The number of methoxy groups -OCH3 is 1. The van der Waals surface area contributed by atoms with Crippen molar-refractivity contribution >= 4 is 11.9 Å². The lowest BCUT2D eigenvalue weighted by Gasteiger charge is -2.26. The highest BCUT2D eigenvalue weighted by molar-refractivity contribution is 5.89. The molecule has 19 heavy (non-hydrogen) atoms. The maximum atomic E-state index is 12.2. The van der Waals surface area contributed by atoms with Gasteiger partial charge < -0.3 is 15.2 Å². The van der Waals surface area contributed by atoms with Crippen molar-refractivity contribution in [2.75, 3.05) is 13.7 Å². The van der Waals surface area contributed by atoms with E-state index < -0.39 is 29.9 Å². The van der Waals surface area contributed by atoms with Crippen molar-refractivity contribution in [1.82, 2.24) is 5.32 Å². The van der Waals surface area contributed by atoms with E-state index in [0.717, 1.165) is 0 Å². The van der Waals surface area contributed by atoms with Gasteiger partial charge in [-0.2, -0.15) is 5.26 Å². The largest absolute Gasteiger partial charge is 0.467 e. The van der Waals surface area contributed by atoms with Crippen LogP contribution in [0.2, 0.25) is 0 Å². The van der Waals surface area contributed by atoms with Crippen molar-refractivity contribution in [3.8, 4) is 6.07 Å². The summed E-state index contributed by atoms with van der Waals surface area (Å²) in [4.78, 5) is 23.5. The Morgan fingerprint density at radius 1 is 1.37 bits per heavy atom. The lowest BCUT2D eigenvalue weighted by atomic mass is 9.79. The highest BCUT2D eigenvalue weighted by Crippen LogP contribution is 2.29. The Kier molecular flexibility index (Phi) is 7.77. The molecule has 1 atom stereocenters. The fraction of sp³-hybridized carbons (Fsp3) is 0.769. The summed E-state index contributed by atoms with van der Waals surface area (Å²) in [5, 5.41) is 20.8. The Morgan fingerprint density at radius 3 is 2.21 bits per heavy atom. The first kappa shape index (κ1) is 17.4. The summed E-state index contributed by atoms with van der Waals surface area (Å²) in [7, 11) is 1.17. The summed E-state index contributed by atoms with van der Waals surface area (Å²) in [6.07, 6.45) is 2.21. The molecular weight excluding hydrogens is 248 g/mol. The molecule has 0 bridgehead atoms. The highest BCUT2D eigenvalue weighted by Gasteiger charge is 2.38. The number of ether oxygens (including phenoxy) is 1. The Hall–Kier alpha value is -1.61. The summed E-state index contributed by atoms with van der Waals surface area (Å²) in [6, 6.07) is 0.932. The normalized spacial score (nSPS) is 12.4. The zero-order valence-corrected chi connectivity index (χ0v) is 11.7. The molecule has 0 spiro atoms. The summed E-state index contributed by atoms with van der Waals surface area (Å²) in [6.45, 7) is 3.22. The van der Waals surface area contributed by atoms with Crippen LogP contribution in [0.1, 0.15) is 39.5 Å². The number of carbonyl (C=O) groups is 2. The van der Waals surface area contributed by atoms with Gasteiger partial charge in [-0.15, -0.1) is 0 Å². The Bertz CT molecular complexity index is 343. The Balaban J connectivity index is 5.00. The molecule has 0 aliphatic rings. The van der Waals surface area contributed by atoms with Gasteiger partial charge in [0.15, 0.2) is 6.04 Å². The van der Waals surface area contributed by atoms with E-state index in [1.165, 1.54) is 7.11 Å². The second-order valence-corrected chi connectivity index (χ2v) is 4.43. The number of amides is 1. The van der Waals surface area contributed by atoms with Crippen molar-refractivity contribution in [2.45, 2.75) is 45.6 Å². The van der Waals surface area contributed by atoms with E-state index in [2.05, 4.69) is 16.1 Å². The van der Waals surface area contributed by atoms with Crippen LogP contribution >= 0.6 is 0 Å². The molecule has 6 nitrogen and oxygen atoms in total. The standard InChI is InChI=1S/C13H22N2O4/c1-4-6-13(9-14,7-5-2)12(18)15-10(8-16)11(17)19-3/h10,16H,4-8H2,1-3H3,(H,15,18). The minimum absolute atomic E-state index is 0.419. The molecule has 6 heteroatoms. The first-order chi connectivity index (χ1) is 9.01. The molecule has 0 heterocycles. The van der Waals surface area contributed by atoms with Crippen LogP contribution in [0.3, 0.4) is 0 Å². The third kappa shape index (κ3) is 4.52. The molecule has 0 aromatic rings. The second kappa shape index (κ2) is 8.48. The van der Waals surface area contributed by atoms with E-state index >= 15 is 0 Å². The van der Waals surface area contributed by atoms with E-state index in [4.69, 9.17) is 5.11 Å². The molecule has 0 aromatic carbocycles. The van der Waals surface area contributed by atoms with Crippen LogP contribution in [-0.2, 0) is 14.3 Å². The van der Waals surface area contributed by atoms with Crippen LogP contribution in [0.25, 0.3) is 0 Å². The minimum atomic E-state index is -1.15. The summed E-state index contributed by atoms with van der Waals surface area (Å²) in [5.41, 5.74) is -1.15. The van der Waals surface area contributed by atoms with Crippen molar-refractivity contribution in [3.05, 3.63) is 0 Å². The van der Waals surface area contributed by atoms with Gasteiger partial charge >= 0.3 is 5.97 Å². The van der Waals surface area contributed by atoms with Gasteiger partial charge in [-0.1, -0.05) is 26.7 Å². The molecule has 108 valence electrons. The molecule has 0 aliphatic carbocycles. The molecule has 0 saturated carbocycles. The first-order valence-electron chi connectivity index (χ1n) is 6.42. The van der Waals surface area contributed by atoms with Crippen LogP contribution in [-0.4, -0.2) is 36.7 Å². The molecule has 1 amide bonds. The van der Waals surface area contributed by atoms with E-state index in [1.54, 1.807) is 0 Å². The van der Waals surface area contributed by atoms with Gasteiger partial charge in [-0.3, -0.25) is 4.79 Å². The van der Waals surface area contributed by atoms with Gasteiger partial charge in [-0.25, -0.2) is 4.79 Å². The molecule has 0 aliphatic heterocycles. The van der Waals surface area contributed by atoms with Gasteiger partial charge in [0.1, 0.15) is 5.41 Å². The number of nitrogens with one attached hydrogen (secondary N) is 1. The SMILES string of the molecule is CCCC(C#N)(CCC)C(=O)NC(CO)C(=O)OC. The number of esters is 1. The Labute approximate surface area is 113 Å². The summed E-state index contributed by atoms with van der Waals surface area (Å²) < 4.78 is 4.47. The van der Waals surface area contributed by atoms with Crippen molar-refractivity contribution < 1.29 is 19.4 Å². The smallest absolute Gasteiger partial charge is 0.330 e.